The van der Waals surface area contributed by atoms with Crippen LogP contribution in [0.4, 0.5) is 5.69 Å². The lowest BCUT2D eigenvalue weighted by Gasteiger charge is -2.33. The van der Waals surface area contributed by atoms with Gasteiger partial charge in [-0.2, -0.15) is 5.26 Å². The zero-order chi connectivity index (χ0) is 20.2. The molecular weight excluding hydrogens is 366 g/mol. The van der Waals surface area contributed by atoms with E-state index in [1.165, 1.54) is 10.6 Å². The molecule has 0 saturated carbocycles. The van der Waals surface area contributed by atoms with Gasteiger partial charge in [0.25, 0.3) is 5.56 Å². The number of anilines is 1. The molecular formula is C22H22N5O2+. The molecule has 7 heteroatoms. The van der Waals surface area contributed by atoms with E-state index in [0.717, 1.165) is 26.2 Å². The van der Waals surface area contributed by atoms with Gasteiger partial charge in [-0.05, 0) is 24.3 Å². The molecule has 2 aromatic carbocycles. The first-order valence-corrected chi connectivity index (χ1v) is 9.61. The third-order valence-corrected chi connectivity index (χ3v) is 5.26. The second kappa shape index (κ2) is 8.17. The van der Waals surface area contributed by atoms with Crippen LogP contribution in [0.3, 0.4) is 0 Å². The summed E-state index contributed by atoms with van der Waals surface area (Å²) in [5.41, 5.74) is 1.39. The van der Waals surface area contributed by atoms with Gasteiger partial charge in [-0.15, -0.1) is 0 Å². The third-order valence-electron chi connectivity index (χ3n) is 5.26. The third kappa shape index (κ3) is 3.98. The number of H-pyrrole nitrogens is 1. The van der Waals surface area contributed by atoms with Crippen LogP contribution in [0.1, 0.15) is 5.82 Å². The minimum Gasteiger partial charge on any atom is -0.506 e. The highest BCUT2D eigenvalue weighted by atomic mass is 16.3. The Bertz CT molecular complexity index is 1140. The first kappa shape index (κ1) is 18.7. The van der Waals surface area contributed by atoms with E-state index in [9.17, 15) is 15.2 Å². The summed E-state index contributed by atoms with van der Waals surface area (Å²) < 4.78 is 0. The van der Waals surface area contributed by atoms with Crippen LogP contribution in [0.5, 0.6) is 0 Å². The van der Waals surface area contributed by atoms with E-state index in [1.54, 1.807) is 24.3 Å². The fraction of sp³-hybridized carbons (Fsp3) is 0.227. The van der Waals surface area contributed by atoms with Crippen molar-refractivity contribution in [2.24, 2.45) is 0 Å². The van der Waals surface area contributed by atoms with Crippen LogP contribution in [0.15, 0.2) is 65.2 Å². The summed E-state index contributed by atoms with van der Waals surface area (Å²) in [7, 11) is 0. The second-order valence-corrected chi connectivity index (χ2v) is 7.11. The molecule has 1 aliphatic rings. The Morgan fingerprint density at radius 3 is 2.55 bits per heavy atom. The van der Waals surface area contributed by atoms with Crippen LogP contribution in [0, 0.1) is 11.3 Å². The Morgan fingerprint density at radius 2 is 1.83 bits per heavy atom. The highest BCUT2D eigenvalue weighted by Crippen LogP contribution is 2.15. The van der Waals surface area contributed by atoms with Crippen molar-refractivity contribution in [1.82, 2.24) is 9.97 Å². The summed E-state index contributed by atoms with van der Waals surface area (Å²) in [6.45, 7) is 3.76. The highest BCUT2D eigenvalue weighted by Gasteiger charge is 2.23. The van der Waals surface area contributed by atoms with Crippen molar-refractivity contribution >= 4 is 22.2 Å². The molecule has 0 unspecified atom stereocenters. The van der Waals surface area contributed by atoms with E-state index >= 15 is 0 Å². The molecule has 0 atom stereocenters. The van der Waals surface area contributed by atoms with Crippen LogP contribution in [-0.2, 0) is 0 Å². The van der Waals surface area contributed by atoms with E-state index in [0.29, 0.717) is 17.4 Å². The van der Waals surface area contributed by atoms with E-state index in [2.05, 4.69) is 27.0 Å². The topological polar surface area (TPSA) is 97.4 Å². The van der Waals surface area contributed by atoms with Crippen molar-refractivity contribution in [2.75, 3.05) is 37.6 Å². The average molecular weight is 388 g/mol. The number of aliphatic hydroxyl groups is 1. The van der Waals surface area contributed by atoms with E-state index in [1.807, 2.05) is 24.3 Å². The average Bonchev–Trinajstić information content (AvgIpc) is 2.75. The fourth-order valence-corrected chi connectivity index (χ4v) is 3.68. The Labute approximate surface area is 168 Å². The highest BCUT2D eigenvalue weighted by molar-refractivity contribution is 5.81. The number of nitrogens with one attached hydrogen (secondary N) is 2. The van der Waals surface area contributed by atoms with Crippen LogP contribution >= 0.6 is 0 Å². The van der Waals surface area contributed by atoms with Gasteiger partial charge in [0, 0.05) is 5.69 Å². The number of nitrogens with zero attached hydrogens (tertiary/aromatic N) is 3. The van der Waals surface area contributed by atoms with Crippen LogP contribution in [0.2, 0.25) is 0 Å². The molecule has 0 amide bonds. The fourth-order valence-electron chi connectivity index (χ4n) is 3.68. The van der Waals surface area contributed by atoms with Gasteiger partial charge in [-0.3, -0.25) is 4.79 Å². The number of hydrogen-bond donors (Lipinski definition) is 3. The molecule has 0 bridgehead atoms. The molecule has 1 saturated heterocycles. The van der Waals surface area contributed by atoms with Gasteiger partial charge in [0.05, 0.1) is 37.1 Å². The zero-order valence-corrected chi connectivity index (χ0v) is 15.9. The molecule has 0 spiro atoms. The molecule has 29 heavy (non-hydrogen) atoms. The van der Waals surface area contributed by atoms with Crippen molar-refractivity contribution in [3.8, 4) is 6.07 Å². The van der Waals surface area contributed by atoms with Crippen molar-refractivity contribution < 1.29 is 10.0 Å². The number of benzene rings is 2. The van der Waals surface area contributed by atoms with Crippen LogP contribution in [-0.4, -0.2) is 47.8 Å². The lowest BCUT2D eigenvalue weighted by Crippen LogP contribution is -3.15. The Hall–Kier alpha value is -3.63. The number of nitriles is 1. The maximum atomic E-state index is 12.3. The molecule has 0 aliphatic carbocycles. The number of piperazine rings is 1. The number of rotatable bonds is 4. The van der Waals surface area contributed by atoms with E-state index in [-0.39, 0.29) is 22.7 Å². The van der Waals surface area contributed by atoms with E-state index in [4.69, 9.17) is 0 Å². The number of fused-ring (bicyclic) bond motifs is 1. The molecule has 2 heterocycles. The molecule has 4 rings (SSSR count). The lowest BCUT2D eigenvalue weighted by atomic mass is 10.2. The summed E-state index contributed by atoms with van der Waals surface area (Å²) in [5.74, 6) is 0.0603. The quantitative estimate of drug-likeness (QED) is 0.460. The molecule has 3 N–H and O–H groups in total. The van der Waals surface area contributed by atoms with Crippen molar-refractivity contribution in [3.63, 3.8) is 0 Å². The van der Waals surface area contributed by atoms with Crippen LogP contribution in [0.25, 0.3) is 16.5 Å². The maximum absolute atomic E-state index is 12.3. The molecule has 146 valence electrons. The van der Waals surface area contributed by atoms with Gasteiger partial charge in [0.2, 0.25) is 0 Å². The van der Waals surface area contributed by atoms with Gasteiger partial charge in [-0.25, -0.2) is 4.98 Å². The van der Waals surface area contributed by atoms with Gasteiger partial charge in [0.1, 0.15) is 18.2 Å². The number of para-hydroxylation sites is 2. The first-order valence-electron chi connectivity index (χ1n) is 9.61. The first-order chi connectivity index (χ1) is 14.2. The van der Waals surface area contributed by atoms with Crippen LogP contribution < -0.4 is 15.4 Å². The largest absolute Gasteiger partial charge is 0.506 e. The Kier molecular flexibility index (Phi) is 5.27. The predicted molar refractivity (Wildman–Crippen MR) is 112 cm³/mol. The monoisotopic (exact) mass is 388 g/mol. The molecule has 3 aromatic rings. The zero-order valence-electron chi connectivity index (χ0n) is 15.9. The molecule has 7 nitrogen and oxygen atoms in total. The number of aromatic amines is 1. The minimum absolute atomic E-state index is 0.0193. The Balaban J connectivity index is 1.51. The van der Waals surface area contributed by atoms with E-state index < -0.39 is 0 Å². The smallest absolute Gasteiger partial charge is 0.259 e. The standard InChI is InChI=1S/C22H21N5O2/c23-14-18(21-24-19-9-5-4-8-17(19)22(29)25-21)20(28)15-26-10-12-27(13-11-26)16-6-2-1-3-7-16/h1-9,28H,10-13,15H2,(H,24,25,29)/p+1. The summed E-state index contributed by atoms with van der Waals surface area (Å²) >= 11 is 0. The maximum Gasteiger partial charge on any atom is 0.259 e. The van der Waals surface area contributed by atoms with Gasteiger partial charge in [0.15, 0.2) is 11.6 Å². The van der Waals surface area contributed by atoms with Crippen molar-refractivity contribution in [2.45, 2.75) is 0 Å². The molecule has 1 fully saturated rings. The number of allylic oxidation sites excluding steroid dienone is 1. The van der Waals surface area contributed by atoms with Gasteiger partial charge < -0.3 is 19.9 Å². The Morgan fingerprint density at radius 1 is 1.14 bits per heavy atom. The normalized spacial score (nSPS) is 15.8. The van der Waals surface area contributed by atoms with Crippen molar-refractivity contribution in [1.29, 1.82) is 5.26 Å². The minimum atomic E-state index is -0.324. The SMILES string of the molecule is N#CC(=C(O)C[NH+]1CCN(c2ccccc2)CC1)c1nc2ccccc2c(=O)[nH]1. The number of hydrogen-bond acceptors (Lipinski definition) is 5. The molecule has 1 aromatic heterocycles. The summed E-state index contributed by atoms with van der Waals surface area (Å²) in [6, 6.07) is 19.2. The summed E-state index contributed by atoms with van der Waals surface area (Å²) in [5, 5.41) is 20.7. The number of quaternary nitrogens is 1. The number of aliphatic hydroxyl groups excluding tert-OH is 1. The lowest BCUT2D eigenvalue weighted by molar-refractivity contribution is -0.897. The van der Waals surface area contributed by atoms with Crippen molar-refractivity contribution in [3.05, 3.63) is 76.5 Å². The predicted octanol–water partition coefficient (Wildman–Crippen LogP) is 1.12. The van der Waals surface area contributed by atoms with Gasteiger partial charge in [-0.1, -0.05) is 30.3 Å². The molecule has 0 radical (unpaired) electrons. The number of aromatic nitrogens is 2. The molecule has 1 aliphatic heterocycles. The van der Waals surface area contributed by atoms with Gasteiger partial charge >= 0.3 is 0 Å². The summed E-state index contributed by atoms with van der Waals surface area (Å²) in [4.78, 5) is 22.8. The summed E-state index contributed by atoms with van der Waals surface area (Å²) in [6.07, 6.45) is 0. The second-order valence-electron chi connectivity index (χ2n) is 7.11.